The molecule has 2 N–H and O–H groups in total. The van der Waals surface area contributed by atoms with E-state index in [1.54, 1.807) is 17.4 Å². The second-order valence-corrected chi connectivity index (χ2v) is 6.04. The van der Waals surface area contributed by atoms with Gasteiger partial charge in [-0.15, -0.1) is 11.3 Å². The number of nitrogens with two attached hydrogens (primary N) is 1. The lowest BCUT2D eigenvalue weighted by Gasteiger charge is -2.17. The number of rotatable bonds is 4. The molecule has 0 aliphatic heterocycles. The number of ether oxygens (including phenoxy) is 1. The minimum absolute atomic E-state index is 0.248. The topological polar surface area (TPSA) is 35.2 Å². The summed E-state index contributed by atoms with van der Waals surface area (Å²) in [6, 6.07) is 8.37. The number of hydrogen-bond donors (Lipinski definition) is 1. The average molecular weight is 330 g/mol. The summed E-state index contributed by atoms with van der Waals surface area (Å²) < 4.78 is 19.7. The first kappa shape index (κ1) is 13.5. The quantitative estimate of drug-likeness (QED) is 0.918. The van der Waals surface area contributed by atoms with E-state index in [9.17, 15) is 4.39 Å². The van der Waals surface area contributed by atoms with E-state index in [2.05, 4.69) is 15.9 Å². The van der Waals surface area contributed by atoms with E-state index in [4.69, 9.17) is 10.5 Å². The van der Waals surface area contributed by atoms with Gasteiger partial charge in [0.15, 0.2) is 0 Å². The Morgan fingerprint density at radius 3 is 2.78 bits per heavy atom. The lowest BCUT2D eigenvalue weighted by molar-refractivity contribution is 0.215. The van der Waals surface area contributed by atoms with Gasteiger partial charge < -0.3 is 10.5 Å². The Balaban J connectivity index is 2.22. The van der Waals surface area contributed by atoms with Crippen molar-refractivity contribution in [2.45, 2.75) is 13.0 Å². The molecule has 1 aromatic carbocycles. The van der Waals surface area contributed by atoms with Crippen LogP contribution in [0.25, 0.3) is 0 Å². The summed E-state index contributed by atoms with van der Waals surface area (Å²) in [5.74, 6) is 0.142. The van der Waals surface area contributed by atoms with E-state index in [0.717, 1.165) is 9.35 Å². The van der Waals surface area contributed by atoms with Gasteiger partial charge in [0.25, 0.3) is 0 Å². The molecular formula is C13H13BrFNOS. The number of hydrogen-bond acceptors (Lipinski definition) is 3. The summed E-state index contributed by atoms with van der Waals surface area (Å²) in [6.45, 7) is 2.38. The molecule has 2 nitrogen and oxygen atoms in total. The van der Waals surface area contributed by atoms with Gasteiger partial charge in [0.2, 0.25) is 0 Å². The van der Waals surface area contributed by atoms with Crippen molar-refractivity contribution in [2.75, 3.05) is 6.54 Å². The molecule has 1 unspecified atom stereocenters. The van der Waals surface area contributed by atoms with Crippen LogP contribution in [0.15, 0.2) is 34.8 Å². The zero-order valence-electron chi connectivity index (χ0n) is 9.82. The second kappa shape index (κ2) is 5.82. The predicted octanol–water partition coefficient (Wildman–Crippen LogP) is 4.04. The van der Waals surface area contributed by atoms with Crippen molar-refractivity contribution in [2.24, 2.45) is 5.73 Å². The highest BCUT2D eigenvalue weighted by Crippen LogP contribution is 2.32. The van der Waals surface area contributed by atoms with Crippen molar-refractivity contribution in [3.63, 3.8) is 0 Å². The molecule has 18 heavy (non-hydrogen) atoms. The van der Waals surface area contributed by atoms with Crippen molar-refractivity contribution >= 4 is 27.3 Å². The first-order valence-electron chi connectivity index (χ1n) is 5.48. The Bertz CT molecular complexity index is 544. The molecule has 0 fully saturated rings. The molecule has 0 amide bonds. The summed E-state index contributed by atoms with van der Waals surface area (Å²) in [4.78, 5) is 2.25. The van der Waals surface area contributed by atoms with Crippen molar-refractivity contribution in [3.05, 3.63) is 50.4 Å². The summed E-state index contributed by atoms with van der Waals surface area (Å²) in [5.41, 5.74) is 5.72. The van der Waals surface area contributed by atoms with Crippen LogP contribution in [0.1, 0.15) is 15.9 Å². The summed E-state index contributed by atoms with van der Waals surface area (Å²) in [6.07, 6.45) is -0.248. The highest BCUT2D eigenvalue weighted by molar-refractivity contribution is 9.10. The monoisotopic (exact) mass is 329 g/mol. The Kier molecular flexibility index (Phi) is 4.37. The Morgan fingerprint density at radius 1 is 1.39 bits per heavy atom. The predicted molar refractivity (Wildman–Crippen MR) is 75.6 cm³/mol. The highest BCUT2D eigenvalue weighted by Gasteiger charge is 2.15. The van der Waals surface area contributed by atoms with Crippen LogP contribution < -0.4 is 10.5 Å². The van der Waals surface area contributed by atoms with Crippen LogP contribution >= 0.6 is 27.3 Å². The van der Waals surface area contributed by atoms with Gasteiger partial charge in [0.1, 0.15) is 17.7 Å². The van der Waals surface area contributed by atoms with Gasteiger partial charge >= 0.3 is 0 Å². The van der Waals surface area contributed by atoms with E-state index < -0.39 is 0 Å². The van der Waals surface area contributed by atoms with Gasteiger partial charge in [-0.25, -0.2) is 4.39 Å². The number of halogens is 2. The van der Waals surface area contributed by atoms with Crippen LogP contribution in [0.4, 0.5) is 4.39 Å². The van der Waals surface area contributed by atoms with Crippen LogP contribution in [0.5, 0.6) is 5.75 Å². The molecule has 0 aliphatic rings. The highest BCUT2D eigenvalue weighted by atomic mass is 79.9. The van der Waals surface area contributed by atoms with Crippen LogP contribution in [0.3, 0.4) is 0 Å². The lowest BCUT2D eigenvalue weighted by atomic mass is 10.2. The Labute approximate surface area is 118 Å². The second-order valence-electron chi connectivity index (χ2n) is 3.87. The molecule has 0 bridgehead atoms. The molecule has 2 rings (SSSR count). The molecule has 1 heterocycles. The Morgan fingerprint density at radius 2 is 2.17 bits per heavy atom. The summed E-state index contributed by atoms with van der Waals surface area (Å²) in [5, 5.41) is 0. The number of benzene rings is 1. The fourth-order valence-corrected chi connectivity index (χ4v) is 2.83. The zero-order chi connectivity index (χ0) is 13.1. The van der Waals surface area contributed by atoms with E-state index >= 15 is 0 Å². The van der Waals surface area contributed by atoms with Crippen molar-refractivity contribution < 1.29 is 9.13 Å². The molecule has 2 aromatic rings. The molecule has 0 radical (unpaired) electrons. The van der Waals surface area contributed by atoms with Crippen molar-refractivity contribution in [3.8, 4) is 5.75 Å². The first-order chi connectivity index (χ1) is 8.60. The van der Waals surface area contributed by atoms with Gasteiger partial charge in [-0.05, 0) is 47.1 Å². The SMILES string of the molecule is Cc1ccc(C(CN)Oc2cc(F)ccc2Br)s1. The minimum Gasteiger partial charge on any atom is -0.482 e. The standard InChI is InChI=1S/C13H13BrFNOS/c1-8-2-5-13(18-8)12(7-16)17-11-6-9(15)3-4-10(11)14/h2-6,12H,7,16H2,1H3. The fraction of sp³-hybridized carbons (Fsp3) is 0.231. The minimum atomic E-state index is -0.327. The van der Waals surface area contributed by atoms with Gasteiger partial charge in [0, 0.05) is 22.4 Å². The largest absolute Gasteiger partial charge is 0.482 e. The summed E-state index contributed by atoms with van der Waals surface area (Å²) >= 11 is 4.97. The first-order valence-corrected chi connectivity index (χ1v) is 7.09. The normalized spacial score (nSPS) is 12.4. The maximum absolute atomic E-state index is 13.2. The molecule has 1 aromatic heterocycles. The third-order valence-corrected chi connectivity index (χ3v) is 4.20. The van der Waals surface area contributed by atoms with E-state index in [1.165, 1.54) is 17.0 Å². The van der Waals surface area contributed by atoms with Gasteiger partial charge in [-0.3, -0.25) is 0 Å². The molecular weight excluding hydrogens is 317 g/mol. The Hall–Kier alpha value is -0.910. The fourth-order valence-electron chi connectivity index (χ4n) is 1.57. The van der Waals surface area contributed by atoms with Crippen LogP contribution in [-0.4, -0.2) is 6.54 Å². The van der Waals surface area contributed by atoms with E-state index in [0.29, 0.717) is 12.3 Å². The van der Waals surface area contributed by atoms with Crippen molar-refractivity contribution in [1.82, 2.24) is 0 Å². The van der Waals surface area contributed by atoms with Gasteiger partial charge in [0.05, 0.1) is 4.47 Å². The lowest BCUT2D eigenvalue weighted by Crippen LogP contribution is -2.17. The van der Waals surface area contributed by atoms with Crippen LogP contribution in [0.2, 0.25) is 0 Å². The summed E-state index contributed by atoms with van der Waals surface area (Å²) in [7, 11) is 0. The molecule has 1 atom stereocenters. The van der Waals surface area contributed by atoms with Gasteiger partial charge in [-0.1, -0.05) is 0 Å². The molecule has 96 valence electrons. The number of aryl methyl sites for hydroxylation is 1. The van der Waals surface area contributed by atoms with Crippen LogP contribution in [0, 0.1) is 12.7 Å². The van der Waals surface area contributed by atoms with Gasteiger partial charge in [-0.2, -0.15) is 0 Å². The maximum atomic E-state index is 13.2. The zero-order valence-corrected chi connectivity index (χ0v) is 12.2. The molecule has 0 saturated heterocycles. The average Bonchev–Trinajstić information content (AvgIpc) is 2.77. The third kappa shape index (κ3) is 3.10. The maximum Gasteiger partial charge on any atom is 0.145 e. The molecule has 0 aliphatic carbocycles. The van der Waals surface area contributed by atoms with Crippen molar-refractivity contribution in [1.29, 1.82) is 0 Å². The van der Waals surface area contributed by atoms with E-state index in [1.807, 2.05) is 19.1 Å². The van der Waals surface area contributed by atoms with E-state index in [-0.39, 0.29) is 11.9 Å². The number of thiophene rings is 1. The molecule has 0 saturated carbocycles. The molecule has 5 heteroatoms. The molecule has 0 spiro atoms. The van der Waals surface area contributed by atoms with Crippen LogP contribution in [-0.2, 0) is 0 Å². The third-order valence-electron chi connectivity index (χ3n) is 2.46. The smallest absolute Gasteiger partial charge is 0.145 e.